The van der Waals surface area contributed by atoms with E-state index in [0.29, 0.717) is 12.2 Å². The predicted molar refractivity (Wildman–Crippen MR) is 81.8 cm³/mol. The molecule has 3 rings (SSSR count). The molecule has 2 aromatic carbocycles. The first-order valence-electron chi connectivity index (χ1n) is 7.27. The number of ether oxygens (including phenoxy) is 1. The van der Waals surface area contributed by atoms with Gasteiger partial charge in [-0.05, 0) is 54.2 Å². The third-order valence-electron chi connectivity index (χ3n) is 3.99. The van der Waals surface area contributed by atoms with Gasteiger partial charge in [0.1, 0.15) is 12.4 Å². The molecule has 0 radical (unpaired) electrons. The first-order chi connectivity index (χ1) is 10.3. The average Bonchev–Trinajstić information content (AvgIpc) is 2.54. The minimum Gasteiger partial charge on any atom is -0.489 e. The standard InChI is InChI=1S/C18H18N2O/c19-11-13-7-9-14(10-8-13)12-21-18-6-2-3-15-16(18)4-1-5-17(15)20/h2-3,6-10,17H,1,4-5,12,20H2. The SMILES string of the molecule is N#Cc1ccc(COc2cccc3c2CCCC3N)cc1. The molecule has 2 aromatic rings. The summed E-state index contributed by atoms with van der Waals surface area (Å²) in [4.78, 5) is 0. The normalized spacial score (nSPS) is 16.9. The van der Waals surface area contributed by atoms with E-state index >= 15 is 0 Å². The number of hydrogen-bond donors (Lipinski definition) is 1. The lowest BCUT2D eigenvalue weighted by molar-refractivity contribution is 0.300. The number of hydrogen-bond acceptors (Lipinski definition) is 3. The van der Waals surface area contributed by atoms with Crippen molar-refractivity contribution in [1.82, 2.24) is 0 Å². The van der Waals surface area contributed by atoms with Crippen LogP contribution in [0.25, 0.3) is 0 Å². The molecule has 0 fully saturated rings. The Bertz CT molecular complexity index is 671. The number of nitriles is 1. The van der Waals surface area contributed by atoms with Crippen molar-refractivity contribution in [2.45, 2.75) is 31.9 Å². The third-order valence-corrected chi connectivity index (χ3v) is 3.99. The van der Waals surface area contributed by atoms with Crippen LogP contribution in [0.4, 0.5) is 0 Å². The molecule has 1 aliphatic carbocycles. The van der Waals surface area contributed by atoms with Gasteiger partial charge in [-0.2, -0.15) is 5.26 Å². The van der Waals surface area contributed by atoms with Gasteiger partial charge < -0.3 is 10.5 Å². The van der Waals surface area contributed by atoms with Crippen LogP contribution in [0.1, 0.15) is 41.1 Å². The maximum absolute atomic E-state index is 8.80. The number of nitrogens with two attached hydrogens (primary N) is 1. The number of rotatable bonds is 3. The van der Waals surface area contributed by atoms with Crippen molar-refractivity contribution < 1.29 is 4.74 Å². The minimum absolute atomic E-state index is 0.132. The van der Waals surface area contributed by atoms with Gasteiger partial charge in [0.25, 0.3) is 0 Å². The summed E-state index contributed by atoms with van der Waals surface area (Å²) < 4.78 is 5.97. The molecular formula is C18H18N2O. The van der Waals surface area contributed by atoms with Crippen molar-refractivity contribution in [2.24, 2.45) is 5.73 Å². The van der Waals surface area contributed by atoms with Crippen LogP contribution in [0.5, 0.6) is 5.75 Å². The Morgan fingerprint density at radius 2 is 2.00 bits per heavy atom. The Labute approximate surface area is 125 Å². The lowest BCUT2D eigenvalue weighted by Gasteiger charge is -2.24. The van der Waals surface area contributed by atoms with Crippen molar-refractivity contribution in [3.05, 3.63) is 64.7 Å². The average molecular weight is 278 g/mol. The second-order valence-electron chi connectivity index (χ2n) is 5.42. The number of fused-ring (bicyclic) bond motifs is 1. The summed E-state index contributed by atoms with van der Waals surface area (Å²) in [6.07, 6.45) is 3.20. The third kappa shape index (κ3) is 2.91. The summed E-state index contributed by atoms with van der Waals surface area (Å²) in [5, 5.41) is 8.80. The van der Waals surface area contributed by atoms with Crippen LogP contribution >= 0.6 is 0 Å². The molecule has 1 aliphatic rings. The molecule has 0 bridgehead atoms. The molecule has 0 spiro atoms. The lowest BCUT2D eigenvalue weighted by atomic mass is 9.87. The quantitative estimate of drug-likeness (QED) is 0.935. The summed E-state index contributed by atoms with van der Waals surface area (Å²) in [6, 6.07) is 15.9. The van der Waals surface area contributed by atoms with Gasteiger partial charge in [-0.3, -0.25) is 0 Å². The molecule has 0 aliphatic heterocycles. The van der Waals surface area contributed by atoms with E-state index in [1.807, 2.05) is 36.4 Å². The summed E-state index contributed by atoms with van der Waals surface area (Å²) in [6.45, 7) is 0.511. The molecule has 3 nitrogen and oxygen atoms in total. The van der Waals surface area contributed by atoms with Gasteiger partial charge in [-0.15, -0.1) is 0 Å². The lowest BCUT2D eigenvalue weighted by Crippen LogP contribution is -2.18. The molecule has 1 atom stereocenters. The maximum atomic E-state index is 8.80. The van der Waals surface area contributed by atoms with Crippen molar-refractivity contribution in [3.63, 3.8) is 0 Å². The van der Waals surface area contributed by atoms with E-state index in [1.165, 1.54) is 11.1 Å². The summed E-state index contributed by atoms with van der Waals surface area (Å²) in [5.74, 6) is 0.937. The second-order valence-corrected chi connectivity index (χ2v) is 5.42. The van der Waals surface area contributed by atoms with E-state index < -0.39 is 0 Å². The van der Waals surface area contributed by atoms with Gasteiger partial charge in [-0.25, -0.2) is 0 Å². The monoisotopic (exact) mass is 278 g/mol. The Balaban J connectivity index is 1.76. The van der Waals surface area contributed by atoms with Crippen molar-refractivity contribution in [3.8, 4) is 11.8 Å². The Kier molecular flexibility index (Phi) is 3.89. The zero-order valence-corrected chi connectivity index (χ0v) is 11.9. The molecule has 2 N–H and O–H groups in total. The van der Waals surface area contributed by atoms with Crippen molar-refractivity contribution in [2.75, 3.05) is 0 Å². The summed E-state index contributed by atoms with van der Waals surface area (Å²) in [5.41, 5.74) is 10.4. The van der Waals surface area contributed by atoms with Gasteiger partial charge in [0.05, 0.1) is 11.6 Å². The van der Waals surface area contributed by atoms with Crippen LogP contribution in [0.2, 0.25) is 0 Å². The Morgan fingerprint density at radius 1 is 1.19 bits per heavy atom. The summed E-state index contributed by atoms with van der Waals surface area (Å²) in [7, 11) is 0. The van der Waals surface area contributed by atoms with Crippen LogP contribution in [0, 0.1) is 11.3 Å². The zero-order chi connectivity index (χ0) is 14.7. The van der Waals surface area contributed by atoms with Gasteiger partial charge >= 0.3 is 0 Å². The van der Waals surface area contributed by atoms with Crippen LogP contribution in [0.15, 0.2) is 42.5 Å². The fraction of sp³-hybridized carbons (Fsp3) is 0.278. The highest BCUT2D eigenvalue weighted by Crippen LogP contribution is 2.34. The fourth-order valence-corrected chi connectivity index (χ4v) is 2.82. The van der Waals surface area contributed by atoms with E-state index in [4.69, 9.17) is 15.7 Å². The summed E-state index contributed by atoms with van der Waals surface area (Å²) >= 11 is 0. The molecule has 21 heavy (non-hydrogen) atoms. The van der Waals surface area contributed by atoms with Gasteiger partial charge in [0.2, 0.25) is 0 Å². The first-order valence-corrected chi connectivity index (χ1v) is 7.27. The molecule has 0 saturated heterocycles. The van der Waals surface area contributed by atoms with Crippen molar-refractivity contribution >= 4 is 0 Å². The topological polar surface area (TPSA) is 59.0 Å². The van der Waals surface area contributed by atoms with Crippen LogP contribution < -0.4 is 10.5 Å². The molecule has 3 heteroatoms. The number of benzene rings is 2. The second kappa shape index (κ2) is 5.99. The fourth-order valence-electron chi connectivity index (χ4n) is 2.82. The molecular weight excluding hydrogens is 260 g/mol. The molecule has 0 saturated carbocycles. The smallest absolute Gasteiger partial charge is 0.123 e. The molecule has 1 unspecified atom stereocenters. The van der Waals surface area contributed by atoms with Gasteiger partial charge in [-0.1, -0.05) is 24.3 Å². The highest BCUT2D eigenvalue weighted by Gasteiger charge is 2.19. The number of nitrogens with zero attached hydrogens (tertiary/aromatic N) is 1. The first kappa shape index (κ1) is 13.7. The predicted octanol–water partition coefficient (Wildman–Crippen LogP) is 3.47. The van der Waals surface area contributed by atoms with E-state index in [-0.39, 0.29) is 6.04 Å². The molecule has 0 amide bonds. The van der Waals surface area contributed by atoms with E-state index in [9.17, 15) is 0 Å². The van der Waals surface area contributed by atoms with E-state index in [0.717, 1.165) is 30.6 Å². The molecule has 0 heterocycles. The minimum atomic E-state index is 0.132. The Morgan fingerprint density at radius 3 is 2.76 bits per heavy atom. The van der Waals surface area contributed by atoms with Gasteiger partial charge in [0, 0.05) is 6.04 Å². The van der Waals surface area contributed by atoms with E-state index in [1.54, 1.807) is 0 Å². The largest absolute Gasteiger partial charge is 0.489 e. The molecule has 0 aromatic heterocycles. The van der Waals surface area contributed by atoms with E-state index in [2.05, 4.69) is 12.1 Å². The zero-order valence-electron chi connectivity index (χ0n) is 11.9. The maximum Gasteiger partial charge on any atom is 0.123 e. The molecule has 106 valence electrons. The van der Waals surface area contributed by atoms with Crippen LogP contribution in [-0.4, -0.2) is 0 Å². The highest BCUT2D eigenvalue weighted by atomic mass is 16.5. The van der Waals surface area contributed by atoms with Crippen molar-refractivity contribution in [1.29, 1.82) is 5.26 Å². The van der Waals surface area contributed by atoms with Crippen LogP contribution in [-0.2, 0) is 13.0 Å². The highest BCUT2D eigenvalue weighted by molar-refractivity contribution is 5.43. The Hall–Kier alpha value is -2.31. The van der Waals surface area contributed by atoms with Crippen LogP contribution in [0.3, 0.4) is 0 Å². The van der Waals surface area contributed by atoms with Gasteiger partial charge in [0.15, 0.2) is 0 Å².